The molecule has 0 aliphatic carbocycles. The van der Waals surface area contributed by atoms with E-state index < -0.39 is 5.91 Å². The number of nitrogens with zero attached hydrogens (tertiary/aromatic N) is 3. The highest BCUT2D eigenvalue weighted by Crippen LogP contribution is 2.27. The van der Waals surface area contributed by atoms with E-state index in [1.54, 1.807) is 29.8 Å². The molecule has 25 heavy (non-hydrogen) atoms. The van der Waals surface area contributed by atoms with E-state index in [0.29, 0.717) is 27.7 Å². The third-order valence-corrected chi connectivity index (χ3v) is 4.06. The van der Waals surface area contributed by atoms with Crippen LogP contribution in [0.15, 0.2) is 29.8 Å². The number of aromatic nitrogens is 1. The van der Waals surface area contributed by atoms with Gasteiger partial charge in [-0.05, 0) is 42.8 Å². The highest BCUT2D eigenvalue weighted by molar-refractivity contribution is 6.32. The first-order chi connectivity index (χ1) is 11.9. The number of halogens is 1. The van der Waals surface area contributed by atoms with Crippen LogP contribution in [0.5, 0.6) is 5.75 Å². The minimum absolute atomic E-state index is 0.0786. The smallest absolute Gasteiger partial charge is 0.266 e. The topological polar surface area (TPSA) is 90.8 Å². The van der Waals surface area contributed by atoms with Gasteiger partial charge in [0.2, 0.25) is 0 Å². The third kappa shape index (κ3) is 3.82. The molecule has 0 saturated heterocycles. The van der Waals surface area contributed by atoms with Crippen molar-refractivity contribution in [1.29, 1.82) is 10.5 Å². The van der Waals surface area contributed by atoms with Gasteiger partial charge in [0, 0.05) is 18.4 Å². The maximum absolute atomic E-state index is 12.3. The van der Waals surface area contributed by atoms with E-state index in [0.717, 1.165) is 5.69 Å². The number of hydrogen-bond donors (Lipinski definition) is 1. The molecule has 0 bridgehead atoms. The Morgan fingerprint density at radius 1 is 1.36 bits per heavy atom. The molecule has 2 aromatic rings. The lowest BCUT2D eigenvalue weighted by atomic mass is 10.1. The normalized spacial score (nSPS) is 10.7. The number of methoxy groups -OCH3 is 1. The summed E-state index contributed by atoms with van der Waals surface area (Å²) in [4.78, 5) is 12.3. The molecule has 7 heteroatoms. The first-order valence-corrected chi connectivity index (χ1v) is 7.62. The molecule has 2 rings (SSSR count). The van der Waals surface area contributed by atoms with Crippen LogP contribution in [0.1, 0.15) is 17.0 Å². The van der Waals surface area contributed by atoms with Gasteiger partial charge in [-0.15, -0.1) is 0 Å². The molecular formula is C18H15ClN4O2. The van der Waals surface area contributed by atoms with E-state index in [9.17, 15) is 10.1 Å². The summed E-state index contributed by atoms with van der Waals surface area (Å²) in [5, 5.41) is 21.3. The SMILES string of the molecule is COc1ccc(NC(=O)/C(C#N)=C/c2cc(C#N)n(C)c2C)cc1Cl. The molecule has 6 nitrogen and oxygen atoms in total. The first-order valence-electron chi connectivity index (χ1n) is 7.24. The molecule has 1 heterocycles. The highest BCUT2D eigenvalue weighted by atomic mass is 35.5. The number of nitriles is 2. The van der Waals surface area contributed by atoms with Gasteiger partial charge >= 0.3 is 0 Å². The summed E-state index contributed by atoms with van der Waals surface area (Å²) >= 11 is 6.02. The van der Waals surface area contributed by atoms with Crippen molar-refractivity contribution in [3.63, 3.8) is 0 Å². The number of carbonyl (C=O) groups is 1. The van der Waals surface area contributed by atoms with Crippen molar-refractivity contribution in [3.05, 3.63) is 51.8 Å². The Hall–Kier alpha value is -3.22. The molecule has 0 saturated carbocycles. The molecule has 126 valence electrons. The number of benzene rings is 1. The second-order valence-corrected chi connectivity index (χ2v) is 5.62. The minimum Gasteiger partial charge on any atom is -0.495 e. The molecule has 0 aliphatic heterocycles. The summed E-state index contributed by atoms with van der Waals surface area (Å²) < 4.78 is 6.75. The van der Waals surface area contributed by atoms with E-state index in [1.807, 2.05) is 13.0 Å². The van der Waals surface area contributed by atoms with Crippen LogP contribution in [0.4, 0.5) is 5.69 Å². The predicted octanol–water partition coefficient (Wildman–Crippen LogP) is 3.41. The molecular weight excluding hydrogens is 340 g/mol. The largest absolute Gasteiger partial charge is 0.495 e. The van der Waals surface area contributed by atoms with Crippen molar-refractivity contribution in [2.45, 2.75) is 6.92 Å². The summed E-state index contributed by atoms with van der Waals surface area (Å²) in [5.41, 5.74) is 2.23. The van der Waals surface area contributed by atoms with Crippen LogP contribution in [-0.4, -0.2) is 17.6 Å². The summed E-state index contributed by atoms with van der Waals surface area (Å²) in [7, 11) is 3.24. The van der Waals surface area contributed by atoms with Gasteiger partial charge in [-0.1, -0.05) is 11.6 Å². The number of carbonyl (C=O) groups excluding carboxylic acids is 1. The Morgan fingerprint density at radius 2 is 2.08 bits per heavy atom. The molecule has 0 unspecified atom stereocenters. The quantitative estimate of drug-likeness (QED) is 0.672. The lowest BCUT2D eigenvalue weighted by molar-refractivity contribution is -0.112. The summed E-state index contributed by atoms with van der Waals surface area (Å²) in [6.07, 6.45) is 1.45. The van der Waals surface area contributed by atoms with Crippen LogP contribution in [0.3, 0.4) is 0 Å². The Bertz CT molecular complexity index is 945. The molecule has 0 spiro atoms. The zero-order valence-electron chi connectivity index (χ0n) is 13.9. The van der Waals surface area contributed by atoms with Crippen molar-refractivity contribution in [1.82, 2.24) is 4.57 Å². The number of nitrogens with one attached hydrogen (secondary N) is 1. The fourth-order valence-electron chi connectivity index (χ4n) is 2.22. The van der Waals surface area contributed by atoms with Crippen LogP contribution in [0, 0.1) is 29.6 Å². The maximum atomic E-state index is 12.3. The zero-order chi connectivity index (χ0) is 18.6. The second-order valence-electron chi connectivity index (χ2n) is 5.21. The van der Waals surface area contributed by atoms with Gasteiger partial charge < -0.3 is 14.6 Å². The molecule has 0 fully saturated rings. The van der Waals surface area contributed by atoms with Gasteiger partial charge in [0.05, 0.1) is 12.1 Å². The van der Waals surface area contributed by atoms with Crippen LogP contribution < -0.4 is 10.1 Å². The number of ether oxygens (including phenoxy) is 1. The van der Waals surface area contributed by atoms with E-state index in [-0.39, 0.29) is 5.57 Å². The Kier molecular flexibility index (Phi) is 5.49. The number of hydrogen-bond acceptors (Lipinski definition) is 4. The van der Waals surface area contributed by atoms with E-state index in [4.69, 9.17) is 21.6 Å². The number of anilines is 1. The standard InChI is InChI=1S/C18H15ClN4O2/c1-11-12(7-15(10-21)23(11)2)6-13(9-20)18(24)22-14-4-5-17(25-3)16(19)8-14/h4-8H,1-3H3,(H,22,24)/b13-6+. The van der Waals surface area contributed by atoms with Crippen LogP contribution >= 0.6 is 11.6 Å². The van der Waals surface area contributed by atoms with Crippen LogP contribution in [0.2, 0.25) is 5.02 Å². The number of amides is 1. The average molecular weight is 355 g/mol. The van der Waals surface area contributed by atoms with Crippen molar-refractivity contribution < 1.29 is 9.53 Å². The molecule has 1 aromatic heterocycles. The van der Waals surface area contributed by atoms with Gasteiger partial charge in [-0.25, -0.2) is 0 Å². The van der Waals surface area contributed by atoms with Crippen LogP contribution in [-0.2, 0) is 11.8 Å². The molecule has 0 radical (unpaired) electrons. The average Bonchev–Trinajstić information content (AvgIpc) is 2.87. The fraction of sp³-hybridized carbons (Fsp3) is 0.167. The van der Waals surface area contributed by atoms with Crippen molar-refractivity contribution in [3.8, 4) is 17.9 Å². The lowest BCUT2D eigenvalue weighted by Gasteiger charge is -2.07. The lowest BCUT2D eigenvalue weighted by Crippen LogP contribution is -2.13. The maximum Gasteiger partial charge on any atom is 0.266 e. The van der Waals surface area contributed by atoms with Gasteiger partial charge in [0.25, 0.3) is 5.91 Å². The van der Waals surface area contributed by atoms with Crippen molar-refractivity contribution in [2.75, 3.05) is 12.4 Å². The van der Waals surface area contributed by atoms with Gasteiger partial charge in [-0.3, -0.25) is 4.79 Å². The predicted molar refractivity (Wildman–Crippen MR) is 95.1 cm³/mol. The van der Waals surface area contributed by atoms with Gasteiger partial charge in [0.1, 0.15) is 29.2 Å². The monoisotopic (exact) mass is 354 g/mol. The fourth-order valence-corrected chi connectivity index (χ4v) is 2.48. The Labute approximate surface area is 150 Å². The Morgan fingerprint density at radius 3 is 2.60 bits per heavy atom. The number of rotatable bonds is 4. The third-order valence-electron chi connectivity index (χ3n) is 3.76. The molecule has 1 aromatic carbocycles. The summed E-state index contributed by atoms with van der Waals surface area (Å²) in [6, 6.07) is 10.3. The molecule has 1 amide bonds. The van der Waals surface area contributed by atoms with E-state index in [2.05, 4.69) is 11.4 Å². The minimum atomic E-state index is -0.564. The second kappa shape index (κ2) is 7.57. The van der Waals surface area contributed by atoms with Crippen LogP contribution in [0.25, 0.3) is 6.08 Å². The zero-order valence-corrected chi connectivity index (χ0v) is 14.7. The van der Waals surface area contributed by atoms with E-state index in [1.165, 1.54) is 19.3 Å². The molecule has 1 N–H and O–H groups in total. The van der Waals surface area contributed by atoms with Gasteiger partial charge in [0.15, 0.2) is 0 Å². The highest BCUT2D eigenvalue weighted by Gasteiger charge is 2.13. The summed E-state index contributed by atoms with van der Waals surface area (Å²) in [5.74, 6) is -0.0786. The van der Waals surface area contributed by atoms with E-state index >= 15 is 0 Å². The van der Waals surface area contributed by atoms with Gasteiger partial charge in [-0.2, -0.15) is 10.5 Å². The molecule has 0 atom stereocenters. The Balaban J connectivity index is 2.29. The van der Waals surface area contributed by atoms with Crippen molar-refractivity contribution >= 4 is 29.3 Å². The first kappa shape index (κ1) is 18.1. The van der Waals surface area contributed by atoms with Crippen molar-refractivity contribution in [2.24, 2.45) is 7.05 Å². The summed E-state index contributed by atoms with van der Waals surface area (Å²) in [6.45, 7) is 1.81. The molecule has 0 aliphatic rings.